The van der Waals surface area contributed by atoms with E-state index in [0.717, 1.165) is 5.75 Å². The summed E-state index contributed by atoms with van der Waals surface area (Å²) in [5.41, 5.74) is 1.41. The smallest absolute Gasteiger partial charge is 0.0192 e. The average Bonchev–Trinajstić information content (AvgIpc) is 1.98. The van der Waals surface area contributed by atoms with Gasteiger partial charge in [0, 0.05) is 13.8 Å². The number of rotatable bonds is 2. The number of hydrogen-bond acceptors (Lipinski definition) is 1. The fourth-order valence-corrected chi connectivity index (χ4v) is 2.55. The lowest BCUT2D eigenvalue weighted by molar-refractivity contribution is 1.37. The lowest BCUT2D eigenvalue weighted by Crippen LogP contribution is -1.84. The first kappa shape index (κ1) is 9.86. The summed E-state index contributed by atoms with van der Waals surface area (Å²) >= 11 is 7.67. The van der Waals surface area contributed by atoms with Crippen molar-refractivity contribution in [1.29, 1.82) is 0 Å². The first-order chi connectivity index (χ1) is 5.24. The predicted octanol–water partition coefficient (Wildman–Crippen LogP) is 3.92. The number of hydrogen-bond donors (Lipinski definition) is 0. The second-order valence-corrected chi connectivity index (χ2v) is 5.11. The van der Waals surface area contributed by atoms with Crippen molar-refractivity contribution in [2.75, 3.05) is 6.26 Å². The van der Waals surface area contributed by atoms with Gasteiger partial charge in [-0.15, -0.1) is 0 Å². The van der Waals surface area contributed by atoms with E-state index in [0.29, 0.717) is 0 Å². The van der Waals surface area contributed by atoms with Crippen LogP contribution in [0.4, 0.5) is 0 Å². The fourth-order valence-electron chi connectivity index (χ4n) is 0.809. The molecular weight excluding hydrogens is 335 g/mol. The molecule has 0 atom stereocenters. The molecule has 0 aliphatic carbocycles. The van der Waals surface area contributed by atoms with Gasteiger partial charge in [-0.05, 0) is 52.6 Å². The largest absolute Gasteiger partial charge is 0.161 e. The van der Waals surface area contributed by atoms with Crippen molar-refractivity contribution >= 4 is 50.3 Å². The molecule has 0 spiro atoms. The second kappa shape index (κ2) is 4.72. The van der Waals surface area contributed by atoms with E-state index in [-0.39, 0.29) is 0 Å². The quantitative estimate of drug-likeness (QED) is 0.734. The highest BCUT2D eigenvalue weighted by Crippen LogP contribution is 2.21. The number of halogens is 2. The first-order valence-corrected chi connectivity index (χ1v) is 6.43. The van der Waals surface area contributed by atoms with Crippen molar-refractivity contribution < 1.29 is 0 Å². The topological polar surface area (TPSA) is 0 Å². The van der Waals surface area contributed by atoms with E-state index in [1.165, 1.54) is 13.6 Å². The van der Waals surface area contributed by atoms with Gasteiger partial charge in [0.2, 0.25) is 0 Å². The molecule has 1 aromatic carbocycles. The van der Waals surface area contributed by atoms with Crippen molar-refractivity contribution in [3.05, 3.63) is 31.8 Å². The Bertz CT molecular complexity index is 250. The Kier molecular flexibility index (Phi) is 4.23. The van der Waals surface area contributed by atoms with Gasteiger partial charge in [0.1, 0.15) is 0 Å². The van der Waals surface area contributed by atoms with Gasteiger partial charge in [-0.1, -0.05) is 15.9 Å². The molecule has 1 rings (SSSR count). The Morgan fingerprint density at radius 1 is 1.55 bits per heavy atom. The van der Waals surface area contributed by atoms with E-state index >= 15 is 0 Å². The SMILES string of the molecule is CSCc1cc(Br)ccc1I. The van der Waals surface area contributed by atoms with Crippen LogP contribution in [0.2, 0.25) is 0 Å². The van der Waals surface area contributed by atoms with Gasteiger partial charge >= 0.3 is 0 Å². The van der Waals surface area contributed by atoms with Crippen LogP contribution in [0.25, 0.3) is 0 Å². The van der Waals surface area contributed by atoms with E-state index in [1.54, 1.807) is 0 Å². The number of benzene rings is 1. The molecule has 0 aliphatic rings. The van der Waals surface area contributed by atoms with E-state index in [2.05, 4.69) is 63.0 Å². The minimum absolute atomic E-state index is 1.09. The highest BCUT2D eigenvalue weighted by atomic mass is 127. The normalized spacial score (nSPS) is 10.1. The zero-order valence-electron chi connectivity index (χ0n) is 6.10. The van der Waals surface area contributed by atoms with Crippen LogP contribution in [-0.4, -0.2) is 6.26 Å². The van der Waals surface area contributed by atoms with Crippen LogP contribution in [0, 0.1) is 3.57 Å². The summed E-state index contributed by atoms with van der Waals surface area (Å²) < 4.78 is 2.52. The van der Waals surface area contributed by atoms with Crippen LogP contribution < -0.4 is 0 Å². The van der Waals surface area contributed by atoms with Crippen molar-refractivity contribution in [2.45, 2.75) is 5.75 Å². The molecule has 0 aromatic heterocycles. The minimum atomic E-state index is 1.09. The molecule has 0 heterocycles. The van der Waals surface area contributed by atoms with Gasteiger partial charge in [-0.25, -0.2) is 0 Å². The third-order valence-corrected chi connectivity index (χ3v) is 3.45. The number of thioether (sulfide) groups is 1. The lowest BCUT2D eigenvalue weighted by Gasteiger charge is -2.01. The molecular formula is C8H8BrIS. The highest BCUT2D eigenvalue weighted by Gasteiger charge is 1.98. The molecule has 0 N–H and O–H groups in total. The molecule has 0 bridgehead atoms. The molecule has 11 heavy (non-hydrogen) atoms. The zero-order chi connectivity index (χ0) is 8.27. The molecule has 0 radical (unpaired) electrons. The first-order valence-electron chi connectivity index (χ1n) is 3.17. The van der Waals surface area contributed by atoms with E-state index in [1.807, 2.05) is 11.8 Å². The third-order valence-electron chi connectivity index (χ3n) is 1.31. The molecule has 3 heteroatoms. The third kappa shape index (κ3) is 2.95. The molecule has 1 aromatic rings. The second-order valence-electron chi connectivity index (χ2n) is 2.17. The van der Waals surface area contributed by atoms with Gasteiger partial charge < -0.3 is 0 Å². The van der Waals surface area contributed by atoms with Crippen molar-refractivity contribution in [3.8, 4) is 0 Å². The average molecular weight is 343 g/mol. The fraction of sp³-hybridized carbons (Fsp3) is 0.250. The van der Waals surface area contributed by atoms with Gasteiger partial charge in [0.05, 0.1) is 0 Å². The molecule has 0 fully saturated rings. The maximum Gasteiger partial charge on any atom is 0.0192 e. The van der Waals surface area contributed by atoms with Crippen LogP contribution in [0.15, 0.2) is 22.7 Å². The van der Waals surface area contributed by atoms with Crippen LogP contribution in [-0.2, 0) is 5.75 Å². The Morgan fingerprint density at radius 2 is 2.27 bits per heavy atom. The Balaban J connectivity index is 2.93. The Labute approximate surface area is 93.4 Å². The van der Waals surface area contributed by atoms with Crippen molar-refractivity contribution in [2.24, 2.45) is 0 Å². The predicted molar refractivity (Wildman–Crippen MR) is 64.1 cm³/mol. The van der Waals surface area contributed by atoms with Crippen molar-refractivity contribution in [1.82, 2.24) is 0 Å². The summed E-state index contributed by atoms with van der Waals surface area (Å²) in [6.45, 7) is 0. The highest BCUT2D eigenvalue weighted by molar-refractivity contribution is 14.1. The summed E-state index contributed by atoms with van der Waals surface area (Å²) in [4.78, 5) is 0. The van der Waals surface area contributed by atoms with E-state index in [9.17, 15) is 0 Å². The van der Waals surface area contributed by atoms with Crippen LogP contribution in [0.3, 0.4) is 0 Å². The van der Waals surface area contributed by atoms with E-state index in [4.69, 9.17) is 0 Å². The summed E-state index contributed by atoms with van der Waals surface area (Å²) in [5.74, 6) is 1.09. The standard InChI is InChI=1S/C8H8BrIS/c1-11-5-6-4-7(9)2-3-8(6)10/h2-4H,5H2,1H3. The van der Waals surface area contributed by atoms with Gasteiger partial charge in [-0.3, -0.25) is 0 Å². The summed E-state index contributed by atoms with van der Waals surface area (Å²) in [6.07, 6.45) is 2.12. The van der Waals surface area contributed by atoms with Gasteiger partial charge in [0.25, 0.3) is 0 Å². The molecule has 0 unspecified atom stereocenters. The monoisotopic (exact) mass is 342 g/mol. The molecule has 60 valence electrons. The van der Waals surface area contributed by atoms with Gasteiger partial charge in [0.15, 0.2) is 0 Å². The van der Waals surface area contributed by atoms with Crippen LogP contribution in [0.5, 0.6) is 0 Å². The summed E-state index contributed by atoms with van der Waals surface area (Å²) in [7, 11) is 0. The van der Waals surface area contributed by atoms with E-state index < -0.39 is 0 Å². The lowest BCUT2D eigenvalue weighted by atomic mass is 10.2. The van der Waals surface area contributed by atoms with Crippen molar-refractivity contribution in [3.63, 3.8) is 0 Å². The molecule has 0 saturated carbocycles. The molecule has 0 nitrogen and oxygen atoms in total. The van der Waals surface area contributed by atoms with Gasteiger partial charge in [-0.2, -0.15) is 11.8 Å². The molecule has 0 saturated heterocycles. The Morgan fingerprint density at radius 3 is 2.91 bits per heavy atom. The molecule has 0 amide bonds. The summed E-state index contributed by atoms with van der Waals surface area (Å²) in [5, 5.41) is 0. The summed E-state index contributed by atoms with van der Waals surface area (Å²) in [6, 6.07) is 6.39. The molecule has 0 aliphatic heterocycles. The maximum atomic E-state index is 3.45. The Hall–Kier alpha value is 0.780. The zero-order valence-corrected chi connectivity index (χ0v) is 10.7. The van der Waals surface area contributed by atoms with Crippen LogP contribution in [0.1, 0.15) is 5.56 Å². The maximum absolute atomic E-state index is 3.45. The van der Waals surface area contributed by atoms with Crippen LogP contribution >= 0.6 is 50.3 Å². The minimum Gasteiger partial charge on any atom is -0.161 e.